The molecule has 1 atom stereocenters. The van der Waals surface area contributed by atoms with Gasteiger partial charge in [-0.25, -0.2) is 8.78 Å². The van der Waals surface area contributed by atoms with Gasteiger partial charge in [0, 0.05) is 17.5 Å². The molecule has 0 aliphatic heterocycles. The van der Waals surface area contributed by atoms with E-state index in [1.54, 1.807) is 6.92 Å². The lowest BCUT2D eigenvalue weighted by molar-refractivity contribution is 0.452. The van der Waals surface area contributed by atoms with E-state index in [4.69, 9.17) is 5.73 Å². The summed E-state index contributed by atoms with van der Waals surface area (Å²) in [6, 6.07) is 10.2. The summed E-state index contributed by atoms with van der Waals surface area (Å²) in [6.45, 7) is 3.73. The Hall–Kier alpha value is -1.26. The molecule has 0 heterocycles. The zero-order chi connectivity index (χ0) is 14.9. The molecule has 0 radical (unpaired) electrons. The summed E-state index contributed by atoms with van der Waals surface area (Å²) >= 11 is 3.08. The van der Waals surface area contributed by atoms with Gasteiger partial charge in [0.15, 0.2) is 0 Å². The van der Waals surface area contributed by atoms with Crippen molar-refractivity contribution in [1.29, 1.82) is 0 Å². The molecule has 0 saturated carbocycles. The molecule has 0 spiro atoms. The maximum Gasteiger partial charge on any atom is 0.143 e. The molecule has 1 unspecified atom stereocenters. The molecular formula is C16H16BrF2N. The topological polar surface area (TPSA) is 26.0 Å². The predicted molar refractivity (Wildman–Crippen MR) is 80.5 cm³/mol. The Labute approximate surface area is 125 Å². The molecule has 1 nitrogen and oxygen atoms in total. The fraction of sp³-hybridized carbons (Fsp3) is 0.250. The van der Waals surface area contributed by atoms with Crippen LogP contribution in [0.5, 0.6) is 0 Å². The van der Waals surface area contributed by atoms with Gasteiger partial charge in [-0.1, -0.05) is 24.3 Å². The second kappa shape index (κ2) is 5.62. The van der Waals surface area contributed by atoms with E-state index >= 15 is 0 Å². The van der Waals surface area contributed by atoms with Crippen LogP contribution in [0, 0.1) is 18.6 Å². The van der Waals surface area contributed by atoms with Crippen molar-refractivity contribution >= 4 is 15.9 Å². The average Bonchev–Trinajstić information content (AvgIpc) is 2.39. The largest absolute Gasteiger partial charge is 0.321 e. The summed E-state index contributed by atoms with van der Waals surface area (Å²) in [5.74, 6) is -1.16. The molecule has 0 aliphatic rings. The molecule has 2 aromatic carbocycles. The lowest BCUT2D eigenvalue weighted by atomic mass is 9.84. The highest BCUT2D eigenvalue weighted by Gasteiger charge is 2.27. The number of benzene rings is 2. The molecule has 0 aliphatic carbocycles. The van der Waals surface area contributed by atoms with Crippen LogP contribution in [0.3, 0.4) is 0 Å². The molecule has 0 fully saturated rings. The van der Waals surface area contributed by atoms with E-state index in [1.165, 1.54) is 12.1 Å². The van der Waals surface area contributed by atoms with Crippen LogP contribution in [0.25, 0.3) is 0 Å². The van der Waals surface area contributed by atoms with Crippen molar-refractivity contribution in [1.82, 2.24) is 0 Å². The van der Waals surface area contributed by atoms with Gasteiger partial charge in [-0.2, -0.15) is 0 Å². The zero-order valence-electron chi connectivity index (χ0n) is 11.4. The van der Waals surface area contributed by atoms with Gasteiger partial charge in [0.1, 0.15) is 11.6 Å². The molecule has 106 valence electrons. The van der Waals surface area contributed by atoms with Crippen molar-refractivity contribution < 1.29 is 8.78 Å². The second-order valence-electron chi connectivity index (χ2n) is 5.23. The average molecular weight is 340 g/mol. The highest BCUT2D eigenvalue weighted by atomic mass is 79.9. The number of nitrogens with two attached hydrogens (primary N) is 1. The normalized spacial score (nSPS) is 14.1. The smallest absolute Gasteiger partial charge is 0.143 e. The van der Waals surface area contributed by atoms with Crippen LogP contribution in [0.15, 0.2) is 40.9 Å². The van der Waals surface area contributed by atoms with Crippen LogP contribution in [0.2, 0.25) is 0 Å². The van der Waals surface area contributed by atoms with Crippen LogP contribution < -0.4 is 5.73 Å². The molecule has 0 aromatic heterocycles. The van der Waals surface area contributed by atoms with Crippen molar-refractivity contribution in [3.05, 3.63) is 69.2 Å². The molecule has 2 rings (SSSR count). The number of hydrogen-bond acceptors (Lipinski definition) is 1. The predicted octanol–water partition coefficient (Wildman–Crippen LogP) is 4.45. The molecule has 4 heteroatoms. The van der Waals surface area contributed by atoms with Gasteiger partial charge >= 0.3 is 0 Å². The molecular weight excluding hydrogens is 324 g/mol. The Balaban J connectivity index is 2.44. The van der Waals surface area contributed by atoms with Crippen molar-refractivity contribution in [3.63, 3.8) is 0 Å². The maximum absolute atomic E-state index is 14.1. The molecule has 0 saturated heterocycles. The summed E-state index contributed by atoms with van der Waals surface area (Å²) < 4.78 is 28.2. The fourth-order valence-electron chi connectivity index (χ4n) is 2.41. The van der Waals surface area contributed by atoms with Crippen LogP contribution in [-0.4, -0.2) is 0 Å². The fourth-order valence-corrected chi connectivity index (χ4v) is 2.78. The molecule has 20 heavy (non-hydrogen) atoms. The summed E-state index contributed by atoms with van der Waals surface area (Å²) in [7, 11) is 0. The summed E-state index contributed by atoms with van der Waals surface area (Å²) in [5, 5.41) is 0. The number of rotatable bonds is 3. The SMILES string of the molecule is Cc1ccccc1C(C)(N)Cc1c(F)ccc(Br)c1F. The van der Waals surface area contributed by atoms with Crippen molar-refractivity contribution in [2.45, 2.75) is 25.8 Å². The van der Waals surface area contributed by atoms with Gasteiger partial charge < -0.3 is 5.73 Å². The Morgan fingerprint density at radius 3 is 2.45 bits per heavy atom. The number of aryl methyl sites for hydroxylation is 1. The monoisotopic (exact) mass is 339 g/mol. The first kappa shape index (κ1) is 15.1. The Kier molecular flexibility index (Phi) is 4.25. The maximum atomic E-state index is 14.1. The van der Waals surface area contributed by atoms with E-state index in [9.17, 15) is 8.78 Å². The molecule has 0 amide bonds. The van der Waals surface area contributed by atoms with E-state index in [0.29, 0.717) is 0 Å². The van der Waals surface area contributed by atoms with E-state index in [1.807, 2.05) is 31.2 Å². The van der Waals surface area contributed by atoms with E-state index in [-0.39, 0.29) is 16.5 Å². The summed E-state index contributed by atoms with van der Waals surface area (Å²) in [5.41, 5.74) is 7.37. The first-order valence-corrected chi connectivity index (χ1v) is 7.09. The van der Waals surface area contributed by atoms with Crippen molar-refractivity contribution in [2.24, 2.45) is 5.73 Å². The van der Waals surface area contributed by atoms with Gasteiger partial charge in [-0.15, -0.1) is 0 Å². The third-order valence-electron chi connectivity index (χ3n) is 3.44. The highest BCUT2D eigenvalue weighted by molar-refractivity contribution is 9.10. The minimum absolute atomic E-state index is 0.00706. The third-order valence-corrected chi connectivity index (χ3v) is 4.06. The first-order chi connectivity index (χ1) is 9.33. The lowest BCUT2D eigenvalue weighted by Crippen LogP contribution is -2.37. The zero-order valence-corrected chi connectivity index (χ0v) is 13.0. The highest BCUT2D eigenvalue weighted by Crippen LogP contribution is 2.30. The molecule has 2 N–H and O–H groups in total. The van der Waals surface area contributed by atoms with Gasteiger partial charge in [-0.05, 0) is 53.0 Å². The van der Waals surface area contributed by atoms with Gasteiger partial charge in [0.25, 0.3) is 0 Å². The van der Waals surface area contributed by atoms with Gasteiger partial charge in [0.05, 0.1) is 4.47 Å². The lowest BCUT2D eigenvalue weighted by Gasteiger charge is -2.27. The minimum atomic E-state index is -0.839. The van der Waals surface area contributed by atoms with Crippen LogP contribution in [0.4, 0.5) is 8.78 Å². The van der Waals surface area contributed by atoms with Gasteiger partial charge in [0.2, 0.25) is 0 Å². The second-order valence-corrected chi connectivity index (χ2v) is 6.09. The van der Waals surface area contributed by atoms with Gasteiger partial charge in [-0.3, -0.25) is 0 Å². The Morgan fingerprint density at radius 1 is 1.15 bits per heavy atom. The van der Waals surface area contributed by atoms with E-state index in [2.05, 4.69) is 15.9 Å². The van der Waals surface area contributed by atoms with Crippen LogP contribution in [-0.2, 0) is 12.0 Å². The van der Waals surface area contributed by atoms with E-state index < -0.39 is 17.2 Å². The molecule has 0 bridgehead atoms. The Morgan fingerprint density at radius 2 is 1.80 bits per heavy atom. The third kappa shape index (κ3) is 2.91. The standard InChI is InChI=1S/C16H16BrF2N/c1-10-5-3-4-6-12(10)16(2,20)9-11-14(18)8-7-13(17)15(11)19/h3-8H,9,20H2,1-2H3. The summed E-state index contributed by atoms with van der Waals surface area (Å²) in [4.78, 5) is 0. The first-order valence-electron chi connectivity index (χ1n) is 6.30. The number of halogens is 3. The van der Waals surface area contributed by atoms with Crippen LogP contribution in [0.1, 0.15) is 23.6 Å². The van der Waals surface area contributed by atoms with Crippen LogP contribution >= 0.6 is 15.9 Å². The quantitative estimate of drug-likeness (QED) is 0.821. The Bertz CT molecular complexity index is 638. The summed E-state index contributed by atoms with van der Waals surface area (Å²) in [6.07, 6.45) is 0.0922. The minimum Gasteiger partial charge on any atom is -0.321 e. The number of hydrogen-bond donors (Lipinski definition) is 1. The van der Waals surface area contributed by atoms with E-state index in [0.717, 1.165) is 11.1 Å². The molecule has 2 aromatic rings. The van der Waals surface area contributed by atoms with Crippen molar-refractivity contribution in [2.75, 3.05) is 0 Å². The van der Waals surface area contributed by atoms with Crippen molar-refractivity contribution in [3.8, 4) is 0 Å².